The molecule has 1 N–H and O–H groups in total. The lowest BCUT2D eigenvalue weighted by Crippen LogP contribution is -2.12. The highest BCUT2D eigenvalue weighted by Crippen LogP contribution is 2.21. The second kappa shape index (κ2) is 7.16. The van der Waals surface area contributed by atoms with E-state index < -0.39 is 0 Å². The molecule has 4 nitrogen and oxygen atoms in total. The average Bonchev–Trinajstić information content (AvgIpc) is 2.92. The van der Waals surface area contributed by atoms with Gasteiger partial charge in [0.2, 0.25) is 5.91 Å². The first-order valence-electron chi connectivity index (χ1n) is 5.74. The SMILES string of the molecule is COc1cccc(NC(=O)CCSc2nccs2)c1. The first kappa shape index (κ1) is 13.9. The monoisotopic (exact) mass is 294 g/mol. The van der Waals surface area contributed by atoms with Gasteiger partial charge in [-0.25, -0.2) is 4.98 Å². The van der Waals surface area contributed by atoms with Gasteiger partial charge >= 0.3 is 0 Å². The summed E-state index contributed by atoms with van der Waals surface area (Å²) in [6.07, 6.45) is 2.23. The van der Waals surface area contributed by atoms with Crippen LogP contribution in [0.3, 0.4) is 0 Å². The van der Waals surface area contributed by atoms with E-state index in [4.69, 9.17) is 4.74 Å². The largest absolute Gasteiger partial charge is 0.497 e. The number of nitrogens with zero attached hydrogens (tertiary/aromatic N) is 1. The van der Waals surface area contributed by atoms with Crippen LogP contribution < -0.4 is 10.1 Å². The molecule has 2 aromatic rings. The van der Waals surface area contributed by atoms with Gasteiger partial charge in [-0.3, -0.25) is 4.79 Å². The third kappa shape index (κ3) is 4.57. The fourth-order valence-corrected chi connectivity index (χ4v) is 3.08. The maximum atomic E-state index is 11.8. The summed E-state index contributed by atoms with van der Waals surface area (Å²) in [4.78, 5) is 15.9. The fraction of sp³-hybridized carbons (Fsp3) is 0.231. The van der Waals surface area contributed by atoms with E-state index in [9.17, 15) is 4.79 Å². The van der Waals surface area contributed by atoms with Crippen molar-refractivity contribution < 1.29 is 9.53 Å². The fourth-order valence-electron chi connectivity index (χ4n) is 1.44. The molecular weight excluding hydrogens is 280 g/mol. The molecule has 0 bridgehead atoms. The van der Waals surface area contributed by atoms with Crippen molar-refractivity contribution in [2.45, 2.75) is 10.8 Å². The number of anilines is 1. The van der Waals surface area contributed by atoms with Crippen LogP contribution in [0.1, 0.15) is 6.42 Å². The summed E-state index contributed by atoms with van der Waals surface area (Å²) in [5, 5.41) is 4.78. The maximum absolute atomic E-state index is 11.8. The summed E-state index contributed by atoms with van der Waals surface area (Å²) in [6.45, 7) is 0. The molecule has 100 valence electrons. The molecule has 2 rings (SSSR count). The molecule has 0 aliphatic rings. The first-order chi connectivity index (χ1) is 9.28. The Morgan fingerprint density at radius 1 is 1.53 bits per heavy atom. The Balaban J connectivity index is 1.77. The van der Waals surface area contributed by atoms with Gasteiger partial charge in [-0.05, 0) is 12.1 Å². The Morgan fingerprint density at radius 2 is 2.42 bits per heavy atom. The molecule has 1 amide bonds. The van der Waals surface area contributed by atoms with Crippen LogP contribution in [0.15, 0.2) is 40.2 Å². The van der Waals surface area contributed by atoms with Crippen molar-refractivity contribution in [3.8, 4) is 5.75 Å². The quantitative estimate of drug-likeness (QED) is 0.831. The van der Waals surface area contributed by atoms with Gasteiger partial charge in [-0.15, -0.1) is 11.3 Å². The van der Waals surface area contributed by atoms with E-state index in [0.717, 1.165) is 21.5 Å². The van der Waals surface area contributed by atoms with Crippen LogP contribution in [0.5, 0.6) is 5.75 Å². The number of benzene rings is 1. The lowest BCUT2D eigenvalue weighted by Gasteiger charge is -2.06. The van der Waals surface area contributed by atoms with Crippen molar-refractivity contribution in [2.75, 3.05) is 18.2 Å². The van der Waals surface area contributed by atoms with E-state index in [1.54, 1.807) is 42.5 Å². The van der Waals surface area contributed by atoms with Crippen LogP contribution in [0.4, 0.5) is 5.69 Å². The van der Waals surface area contributed by atoms with Crippen LogP contribution in [0, 0.1) is 0 Å². The molecule has 0 aliphatic carbocycles. The van der Waals surface area contributed by atoms with Crippen molar-refractivity contribution in [1.29, 1.82) is 0 Å². The molecule has 0 aliphatic heterocycles. The number of rotatable bonds is 6. The predicted octanol–water partition coefficient (Wildman–Crippen LogP) is 3.27. The van der Waals surface area contributed by atoms with Gasteiger partial charge < -0.3 is 10.1 Å². The third-order valence-corrected chi connectivity index (χ3v) is 4.29. The number of hydrogen-bond donors (Lipinski definition) is 1. The number of hydrogen-bond acceptors (Lipinski definition) is 5. The topological polar surface area (TPSA) is 51.2 Å². The lowest BCUT2D eigenvalue weighted by molar-refractivity contribution is -0.115. The summed E-state index contributed by atoms with van der Waals surface area (Å²) < 4.78 is 6.10. The molecule has 0 saturated carbocycles. The Bertz CT molecular complexity index is 529. The molecule has 0 fully saturated rings. The molecule has 0 saturated heterocycles. The van der Waals surface area contributed by atoms with Gasteiger partial charge in [0, 0.05) is 35.5 Å². The Hall–Kier alpha value is -1.53. The van der Waals surface area contributed by atoms with Crippen molar-refractivity contribution in [1.82, 2.24) is 4.98 Å². The minimum Gasteiger partial charge on any atom is -0.497 e. The standard InChI is InChI=1S/C13H14N2O2S2/c1-17-11-4-2-3-10(9-11)15-12(16)5-7-18-13-14-6-8-19-13/h2-4,6,8-9H,5,7H2,1H3,(H,15,16). The smallest absolute Gasteiger partial charge is 0.225 e. The zero-order chi connectivity index (χ0) is 13.5. The summed E-state index contributed by atoms with van der Waals surface area (Å²) >= 11 is 3.18. The highest BCUT2D eigenvalue weighted by molar-refractivity contribution is 8.01. The van der Waals surface area contributed by atoms with Crippen molar-refractivity contribution in [2.24, 2.45) is 0 Å². The lowest BCUT2D eigenvalue weighted by atomic mass is 10.3. The summed E-state index contributed by atoms with van der Waals surface area (Å²) in [5.41, 5.74) is 0.753. The Morgan fingerprint density at radius 3 is 3.16 bits per heavy atom. The van der Waals surface area contributed by atoms with E-state index in [1.165, 1.54) is 0 Å². The number of thiazole rings is 1. The molecule has 1 heterocycles. The zero-order valence-electron chi connectivity index (χ0n) is 10.5. The molecule has 0 atom stereocenters. The van der Waals surface area contributed by atoms with E-state index >= 15 is 0 Å². The number of ether oxygens (including phenoxy) is 1. The third-order valence-electron chi connectivity index (χ3n) is 2.32. The van der Waals surface area contributed by atoms with Crippen molar-refractivity contribution in [3.05, 3.63) is 35.8 Å². The molecule has 6 heteroatoms. The number of amides is 1. The highest BCUT2D eigenvalue weighted by Gasteiger charge is 2.04. The number of aromatic nitrogens is 1. The van der Waals surface area contributed by atoms with Crippen molar-refractivity contribution >= 4 is 34.7 Å². The molecule has 0 radical (unpaired) electrons. The summed E-state index contributed by atoms with van der Waals surface area (Å²) in [5.74, 6) is 1.45. The van der Waals surface area contributed by atoms with Gasteiger partial charge in [-0.1, -0.05) is 17.8 Å². The van der Waals surface area contributed by atoms with Crippen molar-refractivity contribution in [3.63, 3.8) is 0 Å². The first-order valence-corrected chi connectivity index (χ1v) is 7.60. The highest BCUT2D eigenvalue weighted by atomic mass is 32.2. The Labute approximate surface area is 120 Å². The number of nitrogens with one attached hydrogen (secondary N) is 1. The predicted molar refractivity (Wildman–Crippen MR) is 79.1 cm³/mol. The molecule has 0 unspecified atom stereocenters. The van der Waals surface area contributed by atoms with Gasteiger partial charge in [0.25, 0.3) is 0 Å². The second-order valence-electron chi connectivity index (χ2n) is 3.68. The molecule has 1 aromatic carbocycles. The normalized spacial score (nSPS) is 10.2. The van der Waals surface area contributed by atoms with E-state index in [1.807, 2.05) is 23.6 Å². The zero-order valence-corrected chi connectivity index (χ0v) is 12.1. The minimum absolute atomic E-state index is 0.00249. The van der Waals surface area contributed by atoms with Crippen LogP contribution in [0.2, 0.25) is 0 Å². The van der Waals surface area contributed by atoms with Crippen LogP contribution in [-0.4, -0.2) is 23.8 Å². The van der Waals surface area contributed by atoms with E-state index in [0.29, 0.717) is 6.42 Å². The number of carbonyl (C=O) groups excluding carboxylic acids is 1. The van der Waals surface area contributed by atoms with Crippen LogP contribution >= 0.6 is 23.1 Å². The van der Waals surface area contributed by atoms with E-state index in [2.05, 4.69) is 10.3 Å². The van der Waals surface area contributed by atoms with Gasteiger partial charge in [0.1, 0.15) is 10.1 Å². The molecule has 19 heavy (non-hydrogen) atoms. The molecule has 1 aromatic heterocycles. The maximum Gasteiger partial charge on any atom is 0.225 e. The second-order valence-corrected chi connectivity index (χ2v) is 5.91. The Kier molecular flexibility index (Phi) is 5.23. The number of methoxy groups -OCH3 is 1. The minimum atomic E-state index is -0.00249. The summed E-state index contributed by atoms with van der Waals surface area (Å²) in [7, 11) is 1.60. The van der Waals surface area contributed by atoms with Gasteiger partial charge in [-0.2, -0.15) is 0 Å². The molecular formula is C13H14N2O2S2. The van der Waals surface area contributed by atoms with Crippen LogP contribution in [0.25, 0.3) is 0 Å². The van der Waals surface area contributed by atoms with Crippen LogP contribution in [-0.2, 0) is 4.79 Å². The molecule has 0 spiro atoms. The van der Waals surface area contributed by atoms with Gasteiger partial charge in [0.05, 0.1) is 7.11 Å². The number of carbonyl (C=O) groups is 1. The number of thioether (sulfide) groups is 1. The van der Waals surface area contributed by atoms with Gasteiger partial charge in [0.15, 0.2) is 0 Å². The summed E-state index contributed by atoms with van der Waals surface area (Å²) in [6, 6.07) is 7.33. The van der Waals surface area contributed by atoms with E-state index in [-0.39, 0.29) is 5.91 Å². The average molecular weight is 294 g/mol.